The fourth-order valence-corrected chi connectivity index (χ4v) is 1.41. The minimum atomic E-state index is -0.0184. The van der Waals surface area contributed by atoms with Gasteiger partial charge in [-0.05, 0) is 11.6 Å². The fraction of sp³-hybridized carbons (Fsp3) is 0.333. The van der Waals surface area contributed by atoms with E-state index in [0.29, 0.717) is 13.2 Å². The Morgan fingerprint density at radius 1 is 1.15 bits per heavy atom. The maximum atomic E-state index is 5.68. The number of nitrogens with two attached hydrogens (primary N) is 1. The monoisotopic (exact) mass is 241 g/mol. The Morgan fingerprint density at radius 2 is 1.69 bits per heavy atom. The van der Waals surface area contributed by atoms with E-state index in [1.165, 1.54) is 0 Å². The molecular formula is C6H6Cl3N3O. The zero-order valence-electron chi connectivity index (χ0n) is 6.43. The highest BCUT2D eigenvalue weighted by atomic mass is 35.5. The molecule has 1 rings (SSSR count). The molecule has 0 bridgehead atoms. The van der Waals surface area contributed by atoms with Crippen molar-refractivity contribution in [3.63, 3.8) is 0 Å². The summed E-state index contributed by atoms with van der Waals surface area (Å²) in [6.07, 6.45) is 0. The fourth-order valence-electron chi connectivity index (χ4n) is 0.654. The lowest BCUT2D eigenvalue weighted by Crippen LogP contribution is -2.11. The van der Waals surface area contributed by atoms with E-state index in [4.69, 9.17) is 45.3 Å². The van der Waals surface area contributed by atoms with Crippen LogP contribution >= 0.6 is 34.8 Å². The molecule has 0 aliphatic carbocycles. The normalized spacial score (nSPS) is 10.2. The maximum Gasteiger partial charge on any atom is 0.225 e. The van der Waals surface area contributed by atoms with Crippen LogP contribution in [0.15, 0.2) is 0 Å². The lowest BCUT2D eigenvalue weighted by atomic mass is 10.6. The highest BCUT2D eigenvalue weighted by Crippen LogP contribution is 2.30. The first-order valence-electron chi connectivity index (χ1n) is 3.36. The van der Waals surface area contributed by atoms with Crippen molar-refractivity contribution < 1.29 is 4.74 Å². The molecule has 0 amide bonds. The van der Waals surface area contributed by atoms with Gasteiger partial charge in [0.2, 0.25) is 5.28 Å². The molecular weight excluding hydrogens is 236 g/mol. The number of ether oxygens (including phenoxy) is 1. The molecule has 0 unspecified atom stereocenters. The molecule has 0 spiro atoms. The summed E-state index contributed by atoms with van der Waals surface area (Å²) in [5.41, 5.74) is 5.23. The van der Waals surface area contributed by atoms with Gasteiger partial charge >= 0.3 is 0 Å². The zero-order chi connectivity index (χ0) is 9.84. The van der Waals surface area contributed by atoms with Crippen LogP contribution in [-0.4, -0.2) is 23.1 Å². The van der Waals surface area contributed by atoms with E-state index >= 15 is 0 Å². The summed E-state index contributed by atoms with van der Waals surface area (Å²) in [7, 11) is 0. The molecule has 0 radical (unpaired) electrons. The van der Waals surface area contributed by atoms with Gasteiger partial charge in [0.25, 0.3) is 0 Å². The van der Waals surface area contributed by atoms with Crippen molar-refractivity contribution in [3.8, 4) is 5.75 Å². The summed E-state index contributed by atoms with van der Waals surface area (Å²) in [4.78, 5) is 7.31. The molecule has 0 aliphatic heterocycles. The zero-order valence-corrected chi connectivity index (χ0v) is 8.70. The van der Waals surface area contributed by atoms with Gasteiger partial charge in [-0.2, -0.15) is 0 Å². The van der Waals surface area contributed by atoms with Crippen LogP contribution in [0.25, 0.3) is 0 Å². The van der Waals surface area contributed by atoms with Gasteiger partial charge in [-0.25, -0.2) is 9.97 Å². The summed E-state index contributed by atoms with van der Waals surface area (Å²) in [6.45, 7) is 0.652. The van der Waals surface area contributed by atoms with Crippen LogP contribution in [0, 0.1) is 0 Å². The van der Waals surface area contributed by atoms with Crippen LogP contribution in [0.4, 0.5) is 0 Å². The van der Waals surface area contributed by atoms with Crippen LogP contribution in [0.2, 0.25) is 15.6 Å². The van der Waals surface area contributed by atoms with Crippen LogP contribution in [-0.2, 0) is 0 Å². The van der Waals surface area contributed by atoms with Crippen molar-refractivity contribution in [1.29, 1.82) is 0 Å². The number of aromatic nitrogens is 2. The molecule has 2 N–H and O–H groups in total. The predicted molar refractivity (Wildman–Crippen MR) is 51.6 cm³/mol. The third kappa shape index (κ3) is 2.84. The van der Waals surface area contributed by atoms with Crippen molar-refractivity contribution in [3.05, 3.63) is 15.6 Å². The SMILES string of the molecule is NCCOc1c(Cl)nc(Cl)nc1Cl. The van der Waals surface area contributed by atoms with Crippen molar-refractivity contribution in [2.24, 2.45) is 5.73 Å². The van der Waals surface area contributed by atoms with Crippen molar-refractivity contribution in [1.82, 2.24) is 9.97 Å². The molecule has 72 valence electrons. The topological polar surface area (TPSA) is 61.0 Å². The summed E-state index contributed by atoms with van der Waals surface area (Å²) >= 11 is 16.9. The van der Waals surface area contributed by atoms with Gasteiger partial charge in [0.15, 0.2) is 16.1 Å². The molecule has 0 saturated heterocycles. The quantitative estimate of drug-likeness (QED) is 0.648. The second-order valence-electron chi connectivity index (χ2n) is 2.04. The van der Waals surface area contributed by atoms with E-state index in [2.05, 4.69) is 9.97 Å². The first-order valence-corrected chi connectivity index (χ1v) is 4.50. The van der Waals surface area contributed by atoms with Crippen molar-refractivity contribution in [2.75, 3.05) is 13.2 Å². The highest BCUT2D eigenvalue weighted by Gasteiger charge is 2.11. The molecule has 0 aromatic carbocycles. The van der Waals surface area contributed by atoms with Gasteiger partial charge in [0, 0.05) is 6.54 Å². The Labute approximate surface area is 90.0 Å². The summed E-state index contributed by atoms with van der Waals surface area (Å²) in [5.74, 6) is 0.207. The van der Waals surface area contributed by atoms with E-state index in [0.717, 1.165) is 0 Å². The minimum Gasteiger partial charge on any atom is -0.486 e. The molecule has 7 heteroatoms. The number of halogens is 3. The smallest absolute Gasteiger partial charge is 0.225 e. The first-order chi connectivity index (χ1) is 6.15. The van der Waals surface area contributed by atoms with E-state index in [-0.39, 0.29) is 21.3 Å². The highest BCUT2D eigenvalue weighted by molar-refractivity contribution is 6.37. The van der Waals surface area contributed by atoms with E-state index in [1.54, 1.807) is 0 Å². The first kappa shape index (κ1) is 10.8. The van der Waals surface area contributed by atoms with Crippen LogP contribution in [0.3, 0.4) is 0 Å². The average molecular weight is 242 g/mol. The molecule has 1 aromatic heterocycles. The van der Waals surface area contributed by atoms with E-state index in [1.807, 2.05) is 0 Å². The standard InChI is InChI=1S/C6H6Cl3N3O/c7-4-3(13-2-1-10)5(8)12-6(9)11-4/h1-2,10H2. The summed E-state index contributed by atoms with van der Waals surface area (Å²) in [6, 6.07) is 0. The Kier molecular flexibility index (Phi) is 3.99. The van der Waals surface area contributed by atoms with Gasteiger partial charge in [-0.1, -0.05) is 23.2 Å². The summed E-state index contributed by atoms with van der Waals surface area (Å²) in [5, 5.41) is 0.145. The Balaban J connectivity index is 2.92. The maximum absolute atomic E-state index is 5.68. The third-order valence-corrected chi connectivity index (χ3v) is 1.80. The molecule has 0 fully saturated rings. The summed E-state index contributed by atoms with van der Waals surface area (Å²) < 4.78 is 5.10. The van der Waals surface area contributed by atoms with Gasteiger partial charge in [-0.15, -0.1) is 0 Å². The average Bonchev–Trinajstić information content (AvgIpc) is 2.02. The molecule has 0 aliphatic rings. The number of nitrogens with zero attached hydrogens (tertiary/aromatic N) is 2. The van der Waals surface area contributed by atoms with Crippen LogP contribution in [0.5, 0.6) is 5.75 Å². The second-order valence-corrected chi connectivity index (χ2v) is 3.09. The molecule has 13 heavy (non-hydrogen) atoms. The number of hydrogen-bond acceptors (Lipinski definition) is 4. The predicted octanol–water partition coefficient (Wildman–Crippen LogP) is 1.77. The Morgan fingerprint density at radius 3 is 2.15 bits per heavy atom. The molecule has 1 aromatic rings. The number of hydrogen-bond donors (Lipinski definition) is 1. The molecule has 0 atom stereocenters. The Hall–Kier alpha value is -0.290. The lowest BCUT2D eigenvalue weighted by Gasteiger charge is -2.06. The van der Waals surface area contributed by atoms with Crippen LogP contribution in [0.1, 0.15) is 0 Å². The molecule has 4 nitrogen and oxygen atoms in total. The van der Waals surface area contributed by atoms with Crippen molar-refractivity contribution >= 4 is 34.8 Å². The van der Waals surface area contributed by atoms with Gasteiger partial charge in [-0.3, -0.25) is 0 Å². The lowest BCUT2D eigenvalue weighted by molar-refractivity contribution is 0.326. The number of rotatable bonds is 3. The van der Waals surface area contributed by atoms with Gasteiger partial charge < -0.3 is 10.5 Å². The second kappa shape index (κ2) is 4.81. The largest absolute Gasteiger partial charge is 0.486 e. The minimum absolute atomic E-state index is 0.0184. The van der Waals surface area contributed by atoms with Crippen LogP contribution < -0.4 is 10.5 Å². The van der Waals surface area contributed by atoms with Gasteiger partial charge in [0.05, 0.1) is 0 Å². The van der Waals surface area contributed by atoms with Crippen molar-refractivity contribution in [2.45, 2.75) is 0 Å². The van der Waals surface area contributed by atoms with E-state index < -0.39 is 0 Å². The molecule has 1 heterocycles. The Bertz CT molecular complexity index is 284. The van der Waals surface area contributed by atoms with E-state index in [9.17, 15) is 0 Å². The third-order valence-electron chi connectivity index (χ3n) is 1.12. The molecule has 0 saturated carbocycles. The van der Waals surface area contributed by atoms with Gasteiger partial charge in [0.1, 0.15) is 6.61 Å².